The van der Waals surface area contributed by atoms with Crippen LogP contribution in [0.2, 0.25) is 0 Å². The maximum atomic E-state index is 12.9. The minimum atomic E-state index is -1.41. The first kappa shape index (κ1) is 37.8. The molecule has 1 spiro atoms. The van der Waals surface area contributed by atoms with Gasteiger partial charge in [-0.3, -0.25) is 4.79 Å². The van der Waals surface area contributed by atoms with E-state index in [1.165, 1.54) is 31.2 Å². The molecule has 6 fully saturated rings. The third-order valence-corrected chi connectivity index (χ3v) is 18.3. The molecule has 5 saturated carbocycles. The summed E-state index contributed by atoms with van der Waals surface area (Å²) in [6, 6.07) is 10.5. The average Bonchev–Trinajstić information content (AvgIpc) is 3.26. The molecule has 2 bridgehead atoms. The van der Waals surface area contributed by atoms with E-state index in [0.29, 0.717) is 12.3 Å². The van der Waals surface area contributed by atoms with Crippen molar-refractivity contribution in [1.29, 1.82) is 0 Å². The molecule has 0 aromatic heterocycles. The molecule has 1 aromatic rings. The molecule has 0 unspecified atom stereocenters. The van der Waals surface area contributed by atoms with Gasteiger partial charge in [0.25, 0.3) is 0 Å². The smallest absolute Gasteiger partial charge is 0.309 e. The van der Waals surface area contributed by atoms with Crippen LogP contribution in [0.4, 0.5) is 0 Å². The minimum absolute atomic E-state index is 0.00892. The summed E-state index contributed by atoms with van der Waals surface area (Å²) in [6.07, 6.45) is 15.8. The zero-order valence-electron chi connectivity index (χ0n) is 32.8. The number of carbonyl (C=O) groups is 1. The lowest BCUT2D eigenvalue weighted by atomic mass is 9.25. The summed E-state index contributed by atoms with van der Waals surface area (Å²) in [7, 11) is 0. The number of aliphatic hydroxyl groups excluding tert-OH is 2. The first-order valence-corrected chi connectivity index (χ1v) is 21.1. The number of ether oxygens (including phenoxy) is 1. The molecule has 7 rings (SSSR count). The number of rotatable bonds is 11. The van der Waals surface area contributed by atoms with E-state index in [0.717, 1.165) is 77.0 Å². The van der Waals surface area contributed by atoms with E-state index in [2.05, 4.69) is 58.9 Å². The molecule has 286 valence electrons. The number of hydrogen-bond donors (Lipinski definition) is 4. The van der Waals surface area contributed by atoms with E-state index in [9.17, 15) is 25.2 Å². The fourth-order valence-corrected chi connectivity index (χ4v) is 15.8. The van der Waals surface area contributed by atoms with Crippen LogP contribution in [0, 0.1) is 55.7 Å². The molecule has 6 heteroatoms. The van der Waals surface area contributed by atoms with Crippen molar-refractivity contribution in [3.8, 4) is 0 Å². The van der Waals surface area contributed by atoms with Gasteiger partial charge in [0, 0.05) is 23.2 Å². The number of aliphatic hydroxyl groups is 3. The number of hydrogen-bond acceptors (Lipinski definition) is 5. The van der Waals surface area contributed by atoms with Gasteiger partial charge in [-0.05, 0) is 123 Å². The summed E-state index contributed by atoms with van der Waals surface area (Å²) in [5.41, 5.74) is -1.23. The summed E-state index contributed by atoms with van der Waals surface area (Å²) in [5.74, 6) is -1.60. The van der Waals surface area contributed by atoms with Crippen LogP contribution < -0.4 is 0 Å². The van der Waals surface area contributed by atoms with Gasteiger partial charge in [0.1, 0.15) is 0 Å². The molecule has 51 heavy (non-hydrogen) atoms. The normalized spacial score (nSPS) is 50.1. The lowest BCUT2D eigenvalue weighted by molar-refractivity contribution is -0.339. The minimum Gasteiger partial charge on any atom is -0.481 e. The van der Waals surface area contributed by atoms with E-state index in [4.69, 9.17) is 4.74 Å². The quantitative estimate of drug-likeness (QED) is 0.171. The van der Waals surface area contributed by atoms with Crippen LogP contribution >= 0.6 is 0 Å². The molecule has 1 aromatic carbocycles. The summed E-state index contributed by atoms with van der Waals surface area (Å²) in [5, 5.41) is 47.9. The van der Waals surface area contributed by atoms with Gasteiger partial charge < -0.3 is 25.2 Å². The Hall–Kier alpha value is -1.47. The van der Waals surface area contributed by atoms with Crippen LogP contribution in [0.25, 0.3) is 0 Å². The standard InChI is InChI=1S/C45H70O6/c1-7-9-10-14-19-42-26-25-41(6)32(40(42,5)24-23-38(3)21-22-39(4,37(48)49)28-34(38)42)18-20-43-33(15-8-2)45(50,29-35(47)44(41,43)30-46)51-36(43)27-31-16-12-11-13-17-31/h11-13,16-17,32-36,46-47,50H,7-10,14-15,18-30H2,1-6H3,(H,48,49)/t32-,33-,34-,35-,36+,38-,39-,40-,41-,42+,43-,44+,45+/m1/s1. The van der Waals surface area contributed by atoms with Crippen LogP contribution in [-0.2, 0) is 16.0 Å². The van der Waals surface area contributed by atoms with Gasteiger partial charge in [0.15, 0.2) is 5.79 Å². The van der Waals surface area contributed by atoms with Gasteiger partial charge in [-0.25, -0.2) is 0 Å². The number of fused-ring (bicyclic) bond motifs is 7. The molecular weight excluding hydrogens is 636 g/mol. The fourth-order valence-electron chi connectivity index (χ4n) is 15.8. The van der Waals surface area contributed by atoms with Crippen molar-refractivity contribution in [2.24, 2.45) is 55.7 Å². The Morgan fingerprint density at radius 1 is 0.843 bits per heavy atom. The predicted octanol–water partition coefficient (Wildman–Crippen LogP) is 9.33. The lowest BCUT2D eigenvalue weighted by Gasteiger charge is -2.78. The second-order valence-electron chi connectivity index (χ2n) is 20.0. The highest BCUT2D eigenvalue weighted by Gasteiger charge is 2.84. The van der Waals surface area contributed by atoms with Crippen LogP contribution in [-0.4, -0.2) is 51.0 Å². The van der Waals surface area contributed by atoms with Crippen LogP contribution in [0.5, 0.6) is 0 Å². The second kappa shape index (κ2) is 12.8. The first-order chi connectivity index (χ1) is 24.1. The van der Waals surface area contributed by atoms with Gasteiger partial charge in [0.2, 0.25) is 0 Å². The van der Waals surface area contributed by atoms with E-state index in [1.54, 1.807) is 0 Å². The third kappa shape index (κ3) is 4.89. The van der Waals surface area contributed by atoms with Crippen molar-refractivity contribution in [2.45, 2.75) is 175 Å². The van der Waals surface area contributed by atoms with Crippen LogP contribution in [0.1, 0.15) is 156 Å². The highest BCUT2D eigenvalue weighted by atomic mass is 16.6. The van der Waals surface area contributed by atoms with Crippen molar-refractivity contribution in [2.75, 3.05) is 6.61 Å². The second-order valence-corrected chi connectivity index (χ2v) is 20.0. The topological polar surface area (TPSA) is 107 Å². The van der Waals surface area contributed by atoms with Crippen molar-refractivity contribution in [1.82, 2.24) is 0 Å². The Kier molecular flexibility index (Phi) is 9.50. The van der Waals surface area contributed by atoms with Crippen molar-refractivity contribution >= 4 is 5.97 Å². The molecule has 5 aliphatic carbocycles. The number of benzene rings is 1. The van der Waals surface area contributed by atoms with Gasteiger partial charge in [-0.2, -0.15) is 0 Å². The molecule has 0 amide bonds. The molecule has 0 radical (unpaired) electrons. The zero-order chi connectivity index (χ0) is 36.7. The predicted molar refractivity (Wildman–Crippen MR) is 201 cm³/mol. The molecule has 1 aliphatic heterocycles. The molecule has 13 atom stereocenters. The van der Waals surface area contributed by atoms with E-state index < -0.39 is 34.1 Å². The van der Waals surface area contributed by atoms with E-state index in [-0.39, 0.29) is 52.6 Å². The number of unbranched alkanes of at least 4 members (excludes halogenated alkanes) is 3. The van der Waals surface area contributed by atoms with Crippen molar-refractivity contribution in [3.05, 3.63) is 35.9 Å². The van der Waals surface area contributed by atoms with Gasteiger partial charge >= 0.3 is 5.97 Å². The van der Waals surface area contributed by atoms with Gasteiger partial charge in [-0.15, -0.1) is 0 Å². The van der Waals surface area contributed by atoms with E-state index >= 15 is 0 Å². The summed E-state index contributed by atoms with van der Waals surface area (Å²) >= 11 is 0. The fraction of sp³-hybridized carbons (Fsp3) is 0.844. The summed E-state index contributed by atoms with van der Waals surface area (Å²) in [4.78, 5) is 12.9. The van der Waals surface area contributed by atoms with E-state index in [1.807, 2.05) is 13.0 Å². The Labute approximate surface area is 308 Å². The summed E-state index contributed by atoms with van der Waals surface area (Å²) in [6.45, 7) is 13.9. The molecule has 6 aliphatic rings. The lowest BCUT2D eigenvalue weighted by Crippen LogP contribution is -2.77. The van der Waals surface area contributed by atoms with Crippen molar-refractivity contribution < 1.29 is 30.0 Å². The third-order valence-electron chi connectivity index (χ3n) is 18.3. The highest BCUT2D eigenvalue weighted by Crippen LogP contribution is 2.84. The van der Waals surface area contributed by atoms with Crippen molar-refractivity contribution in [3.63, 3.8) is 0 Å². The SMILES string of the molecule is CCCCCC[C@@]12CC[C@]3(C)[C@H](CC[C@@]45[C@H](Cc6ccccc6)O[C@@](O)(C[C@@H](O)[C@]43CO)[C@@H]5CCC)[C@@]1(C)CC[C@@]1(C)CC[C@@](C)(C(=O)O)C[C@H]12. The maximum Gasteiger partial charge on any atom is 0.309 e. The van der Waals surface area contributed by atoms with Crippen LogP contribution in [0.15, 0.2) is 30.3 Å². The largest absolute Gasteiger partial charge is 0.481 e. The molecule has 1 saturated heterocycles. The highest BCUT2D eigenvalue weighted by molar-refractivity contribution is 5.74. The molecule has 4 N–H and O–H groups in total. The number of carboxylic acids is 1. The van der Waals surface area contributed by atoms with Crippen LogP contribution in [0.3, 0.4) is 0 Å². The Bertz CT molecular complexity index is 1450. The first-order valence-electron chi connectivity index (χ1n) is 21.1. The molecule has 6 nitrogen and oxygen atoms in total. The molecular formula is C45H70O6. The molecule has 1 heterocycles. The number of aliphatic carboxylic acids is 1. The Morgan fingerprint density at radius 2 is 1.55 bits per heavy atom. The summed E-state index contributed by atoms with van der Waals surface area (Å²) < 4.78 is 6.91. The Balaban J connectivity index is 1.37. The number of carboxylic acid groups (broad SMARTS) is 1. The maximum absolute atomic E-state index is 12.9. The monoisotopic (exact) mass is 707 g/mol. The Morgan fingerprint density at radius 3 is 2.22 bits per heavy atom. The average molecular weight is 707 g/mol. The zero-order valence-corrected chi connectivity index (χ0v) is 32.8. The van der Waals surface area contributed by atoms with Gasteiger partial charge in [0.05, 0.1) is 24.2 Å². The van der Waals surface area contributed by atoms with Gasteiger partial charge in [-0.1, -0.05) is 97.1 Å².